The van der Waals surface area contributed by atoms with Crippen molar-refractivity contribution in [2.24, 2.45) is 22.9 Å². The molecule has 0 spiro atoms. The van der Waals surface area contributed by atoms with Gasteiger partial charge in [-0.05, 0) is 26.3 Å². The van der Waals surface area contributed by atoms with E-state index in [2.05, 4.69) is 5.32 Å². The van der Waals surface area contributed by atoms with Crippen LogP contribution >= 0.6 is 0 Å². The predicted molar refractivity (Wildman–Crippen MR) is 130 cm³/mol. The fraction of sp³-hybridized carbons (Fsp3) is 0.955. The van der Waals surface area contributed by atoms with Gasteiger partial charge in [0.05, 0.1) is 18.7 Å². The molecule has 0 aromatic rings. The first kappa shape index (κ1) is 32.4. The van der Waals surface area contributed by atoms with E-state index in [0.29, 0.717) is 0 Å². The molecular weight excluding hydrogens is 526 g/mol. The van der Waals surface area contributed by atoms with Crippen LogP contribution in [0.15, 0.2) is 0 Å². The first-order valence-electron chi connectivity index (χ1n) is 12.9. The molecule has 3 fully saturated rings. The van der Waals surface area contributed by atoms with Gasteiger partial charge in [0.25, 0.3) is 0 Å². The number of nitrogens with two attached hydrogens (primary N) is 4. The van der Waals surface area contributed by atoms with Gasteiger partial charge < -0.3 is 82.9 Å². The van der Waals surface area contributed by atoms with E-state index in [9.17, 15) is 40.5 Å². The van der Waals surface area contributed by atoms with Crippen LogP contribution in [0.1, 0.15) is 19.8 Å². The molecule has 2 saturated heterocycles. The second-order valence-corrected chi connectivity index (χ2v) is 10.4. The molecule has 17 heteroatoms. The minimum atomic E-state index is -1.57. The van der Waals surface area contributed by atoms with Gasteiger partial charge in [0.2, 0.25) is 5.91 Å². The quantitative estimate of drug-likeness (QED) is 0.116. The summed E-state index contributed by atoms with van der Waals surface area (Å²) in [7, 11) is 0. The lowest BCUT2D eigenvalue weighted by Gasteiger charge is -2.47. The monoisotopic (exact) mass is 569 g/mol. The second-order valence-electron chi connectivity index (χ2n) is 10.4. The van der Waals surface area contributed by atoms with Crippen molar-refractivity contribution >= 4 is 5.91 Å². The summed E-state index contributed by atoms with van der Waals surface area (Å²) in [6.45, 7) is 0.930. The molecule has 228 valence electrons. The average Bonchev–Trinajstić information content (AvgIpc) is 3.17. The molecule has 16 N–H and O–H groups in total. The molecule has 3 aliphatic rings. The Kier molecular flexibility index (Phi) is 11.4. The molecule has 2 aliphatic heterocycles. The summed E-state index contributed by atoms with van der Waals surface area (Å²) in [6, 6.07) is -4.04. The molecule has 5 unspecified atom stereocenters. The fourth-order valence-electron chi connectivity index (χ4n) is 5.04. The van der Waals surface area contributed by atoms with Gasteiger partial charge in [-0.15, -0.1) is 0 Å². The third-order valence-electron chi connectivity index (χ3n) is 7.38. The van der Waals surface area contributed by atoms with Crippen LogP contribution in [0.3, 0.4) is 0 Å². The van der Waals surface area contributed by atoms with Crippen LogP contribution < -0.4 is 28.3 Å². The zero-order chi connectivity index (χ0) is 29.2. The number of amides is 1. The van der Waals surface area contributed by atoms with E-state index in [-0.39, 0.29) is 19.4 Å². The summed E-state index contributed by atoms with van der Waals surface area (Å²) in [5.74, 6) is -0.806. The number of carbonyl (C=O) groups is 1. The lowest BCUT2D eigenvalue weighted by molar-refractivity contribution is -0.310. The van der Waals surface area contributed by atoms with Gasteiger partial charge >= 0.3 is 0 Å². The molecule has 0 aromatic carbocycles. The molecule has 16 atom stereocenters. The van der Waals surface area contributed by atoms with Crippen LogP contribution in [-0.4, -0.2) is 153 Å². The Morgan fingerprint density at radius 3 is 2.18 bits per heavy atom. The van der Waals surface area contributed by atoms with Crippen LogP contribution in [0, 0.1) is 0 Å². The summed E-state index contributed by atoms with van der Waals surface area (Å²) in [5.41, 5.74) is 23.6. The van der Waals surface area contributed by atoms with Crippen LogP contribution in [0.25, 0.3) is 0 Å². The number of nitrogens with one attached hydrogen (secondary N) is 1. The predicted octanol–water partition coefficient (Wildman–Crippen LogP) is -7.40. The smallest absolute Gasteiger partial charge is 0.249 e. The lowest BCUT2D eigenvalue weighted by Crippen LogP contribution is -2.69. The van der Waals surface area contributed by atoms with E-state index in [4.69, 9.17) is 41.9 Å². The third-order valence-corrected chi connectivity index (χ3v) is 7.38. The van der Waals surface area contributed by atoms with Gasteiger partial charge in [0.15, 0.2) is 12.6 Å². The van der Waals surface area contributed by atoms with Crippen molar-refractivity contribution in [3.8, 4) is 0 Å². The van der Waals surface area contributed by atoms with Crippen molar-refractivity contribution in [2.45, 2.75) is 118 Å². The summed E-state index contributed by atoms with van der Waals surface area (Å²) < 4.78 is 22.9. The lowest BCUT2D eigenvalue weighted by atomic mass is 9.83. The first-order chi connectivity index (χ1) is 18.3. The number of rotatable bonds is 10. The summed E-state index contributed by atoms with van der Waals surface area (Å²) in [6.07, 6.45) is -17.0. The number of aliphatic hydroxyl groups is 7. The fourth-order valence-corrected chi connectivity index (χ4v) is 5.04. The molecular formula is C22H43N5O12. The van der Waals surface area contributed by atoms with Crippen molar-refractivity contribution in [2.75, 3.05) is 13.2 Å². The highest BCUT2D eigenvalue weighted by Crippen LogP contribution is 2.33. The maximum Gasteiger partial charge on any atom is 0.249 e. The highest BCUT2D eigenvalue weighted by Gasteiger charge is 2.53. The van der Waals surface area contributed by atoms with Gasteiger partial charge in [0.1, 0.15) is 61.0 Å². The van der Waals surface area contributed by atoms with E-state index >= 15 is 0 Å². The van der Waals surface area contributed by atoms with Crippen molar-refractivity contribution in [1.82, 2.24) is 5.32 Å². The van der Waals surface area contributed by atoms with Crippen molar-refractivity contribution < 1.29 is 59.5 Å². The van der Waals surface area contributed by atoms with E-state index < -0.39 is 110 Å². The molecule has 1 saturated carbocycles. The van der Waals surface area contributed by atoms with Gasteiger partial charge in [-0.1, -0.05) is 0 Å². The topological polar surface area (TPSA) is 312 Å². The van der Waals surface area contributed by atoms with Gasteiger partial charge in [-0.2, -0.15) is 0 Å². The second kappa shape index (κ2) is 13.7. The minimum absolute atomic E-state index is 0.0257. The maximum atomic E-state index is 12.4. The van der Waals surface area contributed by atoms with Gasteiger partial charge in [-0.25, -0.2) is 0 Å². The van der Waals surface area contributed by atoms with Crippen molar-refractivity contribution in [1.29, 1.82) is 0 Å². The average molecular weight is 570 g/mol. The van der Waals surface area contributed by atoms with Gasteiger partial charge in [0, 0.05) is 12.1 Å². The van der Waals surface area contributed by atoms with E-state index in [0.717, 1.165) is 0 Å². The summed E-state index contributed by atoms with van der Waals surface area (Å²) in [4.78, 5) is 12.4. The number of hydrogen-bond acceptors (Lipinski definition) is 16. The molecule has 0 aromatic heterocycles. The Bertz CT molecular complexity index is 799. The van der Waals surface area contributed by atoms with Crippen LogP contribution in [-0.2, 0) is 23.7 Å². The van der Waals surface area contributed by atoms with E-state index in [1.807, 2.05) is 0 Å². The zero-order valence-corrected chi connectivity index (χ0v) is 21.5. The standard InChI is InChI=1S/C22H43N5O12/c1-6(24)17-15(33)16(34)22(37-17)39-19-12(30)8(27-20(35)9(29)2-3-23)4-7(25)18(19)38-21-11(26)14(32)13(31)10(5-28)36-21/h6-19,21-22,28-34H,2-5,23-26H2,1H3,(H,27,35)/t6-,7?,8+,9-,10?,11?,12+,13+,14+,15?,16-,17+,18+,19?,21+,22-/m0/s1. The van der Waals surface area contributed by atoms with Gasteiger partial charge in [-0.3, -0.25) is 4.79 Å². The summed E-state index contributed by atoms with van der Waals surface area (Å²) in [5, 5.41) is 74.5. The number of hydrogen-bond donors (Lipinski definition) is 12. The molecule has 2 heterocycles. The first-order valence-corrected chi connectivity index (χ1v) is 12.9. The number of ether oxygens (including phenoxy) is 4. The Hall–Kier alpha value is -1.13. The molecule has 3 rings (SSSR count). The summed E-state index contributed by atoms with van der Waals surface area (Å²) >= 11 is 0. The highest BCUT2D eigenvalue weighted by atomic mass is 16.7. The maximum absolute atomic E-state index is 12.4. The minimum Gasteiger partial charge on any atom is -0.394 e. The molecule has 0 bridgehead atoms. The normalized spacial score (nSPS) is 46.6. The van der Waals surface area contributed by atoms with E-state index in [1.54, 1.807) is 6.92 Å². The van der Waals surface area contributed by atoms with Crippen LogP contribution in [0.5, 0.6) is 0 Å². The zero-order valence-electron chi connectivity index (χ0n) is 21.5. The van der Waals surface area contributed by atoms with Crippen LogP contribution in [0.2, 0.25) is 0 Å². The molecule has 17 nitrogen and oxygen atoms in total. The SMILES string of the molecule is C[C@H](N)[C@H]1O[C@@H](OC2[C@H](O[C@H]3OC(CO)[C@@H](O)[C@H](O)C3N)C(N)C[C@@H](NC(=O)[C@@H](O)CCN)[C@H]2O)[C@@H](O)C1O. The Morgan fingerprint density at radius 2 is 1.62 bits per heavy atom. The molecule has 1 aliphatic carbocycles. The Morgan fingerprint density at radius 1 is 0.974 bits per heavy atom. The number of carbonyl (C=O) groups excluding carboxylic acids is 1. The van der Waals surface area contributed by atoms with E-state index in [1.165, 1.54) is 0 Å². The molecule has 39 heavy (non-hydrogen) atoms. The number of aliphatic hydroxyl groups excluding tert-OH is 7. The Balaban J connectivity index is 1.85. The van der Waals surface area contributed by atoms with Crippen molar-refractivity contribution in [3.63, 3.8) is 0 Å². The third kappa shape index (κ3) is 7.03. The molecule has 1 amide bonds. The molecule has 0 radical (unpaired) electrons. The van der Waals surface area contributed by atoms with Crippen molar-refractivity contribution in [3.05, 3.63) is 0 Å². The van der Waals surface area contributed by atoms with Crippen LogP contribution in [0.4, 0.5) is 0 Å². The highest BCUT2D eigenvalue weighted by molar-refractivity contribution is 5.80. The Labute approximate surface area is 224 Å². The largest absolute Gasteiger partial charge is 0.394 e.